The van der Waals surface area contributed by atoms with Gasteiger partial charge in [-0.05, 0) is 35.9 Å². The summed E-state index contributed by atoms with van der Waals surface area (Å²) >= 11 is 8.99. The van der Waals surface area contributed by atoms with Crippen molar-refractivity contribution in [2.45, 2.75) is 6.61 Å². The summed E-state index contributed by atoms with van der Waals surface area (Å²) in [7, 11) is 0. The second-order valence-electron chi connectivity index (χ2n) is 3.72. The van der Waals surface area contributed by atoms with Crippen molar-refractivity contribution in [1.29, 1.82) is 0 Å². The molecule has 18 heavy (non-hydrogen) atoms. The van der Waals surface area contributed by atoms with Gasteiger partial charge in [-0.15, -0.1) is 0 Å². The fourth-order valence-corrected chi connectivity index (χ4v) is 1.89. The molecule has 2 rings (SSSR count). The Balaban J connectivity index is 2.09. The van der Waals surface area contributed by atoms with E-state index in [1.807, 2.05) is 0 Å². The van der Waals surface area contributed by atoms with Crippen LogP contribution in [0.3, 0.4) is 0 Å². The smallest absolute Gasteiger partial charge is 0.166 e. The predicted molar refractivity (Wildman–Crippen MR) is 74.3 cm³/mol. The minimum atomic E-state index is -0.411. The van der Waals surface area contributed by atoms with E-state index in [0.717, 1.165) is 5.56 Å². The standard InChI is InChI=1S/C13H10BrClFNO/c14-9-2-4-13(11(16)6-9)18-7-8-1-3-10(15)12(17)5-8/h1-6H,7,17H2. The number of rotatable bonds is 3. The summed E-state index contributed by atoms with van der Waals surface area (Å²) in [6, 6.07) is 9.82. The lowest BCUT2D eigenvalue weighted by Crippen LogP contribution is -1.98. The van der Waals surface area contributed by atoms with Crippen LogP contribution in [0.25, 0.3) is 0 Å². The van der Waals surface area contributed by atoms with E-state index in [9.17, 15) is 4.39 Å². The van der Waals surface area contributed by atoms with Crippen molar-refractivity contribution < 1.29 is 9.13 Å². The zero-order valence-electron chi connectivity index (χ0n) is 9.29. The molecule has 2 nitrogen and oxygen atoms in total. The molecule has 0 heterocycles. The highest BCUT2D eigenvalue weighted by atomic mass is 79.9. The number of anilines is 1. The van der Waals surface area contributed by atoms with Crippen LogP contribution >= 0.6 is 27.5 Å². The van der Waals surface area contributed by atoms with Gasteiger partial charge < -0.3 is 10.5 Å². The first kappa shape index (κ1) is 13.2. The van der Waals surface area contributed by atoms with Gasteiger partial charge in [0.05, 0.1) is 10.7 Å². The Morgan fingerprint density at radius 1 is 1.22 bits per heavy atom. The van der Waals surface area contributed by atoms with Crippen LogP contribution in [0.4, 0.5) is 10.1 Å². The molecule has 0 aromatic heterocycles. The van der Waals surface area contributed by atoms with Crippen molar-refractivity contribution in [2.75, 3.05) is 5.73 Å². The number of nitrogen functional groups attached to an aromatic ring is 1. The molecule has 0 aliphatic rings. The predicted octanol–water partition coefficient (Wildman–Crippen LogP) is 4.40. The third-order valence-electron chi connectivity index (χ3n) is 2.35. The van der Waals surface area contributed by atoms with Crippen molar-refractivity contribution in [2.24, 2.45) is 0 Å². The lowest BCUT2D eigenvalue weighted by molar-refractivity contribution is 0.290. The van der Waals surface area contributed by atoms with Crippen molar-refractivity contribution in [1.82, 2.24) is 0 Å². The van der Waals surface area contributed by atoms with Gasteiger partial charge in [0, 0.05) is 4.47 Å². The minimum Gasteiger partial charge on any atom is -0.486 e. The highest BCUT2D eigenvalue weighted by molar-refractivity contribution is 9.10. The Hall–Kier alpha value is -1.26. The number of ether oxygens (including phenoxy) is 1. The highest BCUT2D eigenvalue weighted by Gasteiger charge is 2.05. The van der Waals surface area contributed by atoms with Gasteiger partial charge in [-0.25, -0.2) is 4.39 Å². The average Bonchev–Trinajstić information content (AvgIpc) is 2.32. The molecule has 0 amide bonds. The van der Waals surface area contributed by atoms with Gasteiger partial charge in [0.1, 0.15) is 6.61 Å². The van der Waals surface area contributed by atoms with Crippen LogP contribution in [-0.4, -0.2) is 0 Å². The van der Waals surface area contributed by atoms with Gasteiger partial charge >= 0.3 is 0 Å². The molecule has 0 aliphatic carbocycles. The molecule has 0 saturated carbocycles. The number of hydrogen-bond donors (Lipinski definition) is 1. The zero-order chi connectivity index (χ0) is 13.1. The maximum atomic E-state index is 13.5. The van der Waals surface area contributed by atoms with Crippen LogP contribution in [0, 0.1) is 5.82 Å². The Morgan fingerprint density at radius 2 is 2.00 bits per heavy atom. The van der Waals surface area contributed by atoms with Gasteiger partial charge in [-0.3, -0.25) is 0 Å². The third-order valence-corrected chi connectivity index (χ3v) is 3.19. The van der Waals surface area contributed by atoms with Crippen molar-refractivity contribution in [3.8, 4) is 5.75 Å². The van der Waals surface area contributed by atoms with Crippen LogP contribution in [0.5, 0.6) is 5.75 Å². The van der Waals surface area contributed by atoms with Crippen molar-refractivity contribution >= 4 is 33.2 Å². The Morgan fingerprint density at radius 3 is 2.67 bits per heavy atom. The fourth-order valence-electron chi connectivity index (χ4n) is 1.44. The van der Waals surface area contributed by atoms with E-state index in [2.05, 4.69) is 15.9 Å². The van der Waals surface area contributed by atoms with Gasteiger partial charge in [-0.2, -0.15) is 0 Å². The molecule has 2 aromatic carbocycles. The molecule has 0 fully saturated rings. The molecule has 0 saturated heterocycles. The molecular formula is C13H10BrClFNO. The van der Waals surface area contributed by atoms with E-state index in [4.69, 9.17) is 22.1 Å². The summed E-state index contributed by atoms with van der Waals surface area (Å²) in [5.41, 5.74) is 6.98. The third kappa shape index (κ3) is 3.15. The van der Waals surface area contributed by atoms with Crippen LogP contribution in [-0.2, 0) is 6.61 Å². The van der Waals surface area contributed by atoms with Gasteiger partial charge in [-0.1, -0.05) is 33.6 Å². The SMILES string of the molecule is Nc1cc(COc2ccc(Br)cc2F)ccc1Cl. The van der Waals surface area contributed by atoms with Crippen LogP contribution in [0.2, 0.25) is 5.02 Å². The molecule has 0 atom stereocenters. The molecule has 0 radical (unpaired) electrons. The number of nitrogens with two attached hydrogens (primary N) is 1. The Labute approximate surface area is 118 Å². The molecule has 0 bridgehead atoms. The molecular weight excluding hydrogens is 321 g/mol. The van der Waals surface area contributed by atoms with E-state index in [0.29, 0.717) is 15.2 Å². The molecule has 94 valence electrons. The second-order valence-corrected chi connectivity index (χ2v) is 5.04. The van der Waals surface area contributed by atoms with Gasteiger partial charge in [0.2, 0.25) is 0 Å². The van der Waals surface area contributed by atoms with Gasteiger partial charge in [0.25, 0.3) is 0 Å². The average molecular weight is 331 g/mol. The topological polar surface area (TPSA) is 35.2 Å². The lowest BCUT2D eigenvalue weighted by Gasteiger charge is -2.08. The van der Waals surface area contributed by atoms with E-state index >= 15 is 0 Å². The lowest BCUT2D eigenvalue weighted by atomic mass is 10.2. The summed E-state index contributed by atoms with van der Waals surface area (Å²) in [6.07, 6.45) is 0. The maximum absolute atomic E-state index is 13.5. The Kier molecular flexibility index (Phi) is 4.09. The number of benzene rings is 2. The molecule has 0 aliphatic heterocycles. The normalized spacial score (nSPS) is 10.4. The first-order valence-corrected chi connectivity index (χ1v) is 6.35. The van der Waals surface area contributed by atoms with E-state index in [-0.39, 0.29) is 12.4 Å². The van der Waals surface area contributed by atoms with Crippen molar-refractivity contribution in [3.63, 3.8) is 0 Å². The summed E-state index contributed by atoms with van der Waals surface area (Å²) in [5.74, 6) is -0.210. The first-order chi connectivity index (χ1) is 8.56. The number of hydrogen-bond acceptors (Lipinski definition) is 2. The first-order valence-electron chi connectivity index (χ1n) is 5.18. The summed E-state index contributed by atoms with van der Waals surface area (Å²) < 4.78 is 19.5. The quantitative estimate of drug-likeness (QED) is 0.846. The summed E-state index contributed by atoms with van der Waals surface area (Å²) in [6.45, 7) is 0.236. The molecule has 2 N–H and O–H groups in total. The Bertz CT molecular complexity index is 577. The second kappa shape index (κ2) is 5.59. The molecule has 5 heteroatoms. The van der Waals surface area contributed by atoms with E-state index < -0.39 is 5.82 Å². The number of halogens is 3. The maximum Gasteiger partial charge on any atom is 0.166 e. The highest BCUT2D eigenvalue weighted by Crippen LogP contribution is 2.24. The van der Waals surface area contributed by atoms with Crippen LogP contribution < -0.4 is 10.5 Å². The fraction of sp³-hybridized carbons (Fsp3) is 0.0769. The largest absolute Gasteiger partial charge is 0.486 e. The van der Waals surface area contributed by atoms with E-state index in [1.165, 1.54) is 6.07 Å². The zero-order valence-corrected chi connectivity index (χ0v) is 11.6. The van der Waals surface area contributed by atoms with Crippen molar-refractivity contribution in [3.05, 3.63) is 57.3 Å². The molecule has 0 unspecified atom stereocenters. The molecule has 0 spiro atoms. The van der Waals surface area contributed by atoms with Crippen LogP contribution in [0.15, 0.2) is 40.9 Å². The monoisotopic (exact) mass is 329 g/mol. The van der Waals surface area contributed by atoms with Gasteiger partial charge in [0.15, 0.2) is 11.6 Å². The minimum absolute atomic E-state index is 0.201. The molecule has 2 aromatic rings. The summed E-state index contributed by atoms with van der Waals surface area (Å²) in [4.78, 5) is 0. The van der Waals surface area contributed by atoms with E-state index in [1.54, 1.807) is 30.3 Å². The summed E-state index contributed by atoms with van der Waals surface area (Å²) in [5, 5.41) is 0.494. The van der Waals surface area contributed by atoms with Crippen LogP contribution in [0.1, 0.15) is 5.56 Å².